The second-order valence-electron chi connectivity index (χ2n) is 6.78. The number of aliphatic carboxylic acids is 1. The lowest BCUT2D eigenvalue weighted by Crippen LogP contribution is -2.37. The van der Waals surface area contributed by atoms with Crippen molar-refractivity contribution >= 4 is 19.5 Å². The Labute approximate surface area is 171 Å². The molecule has 0 saturated carbocycles. The summed E-state index contributed by atoms with van der Waals surface area (Å²) in [5.41, 5.74) is 11.8. The fraction of sp³-hybridized carbons (Fsp3) is 0.579. The number of hydrogen-bond donors (Lipinski definition) is 5. The molecule has 0 radical (unpaired) electrons. The first-order valence-corrected chi connectivity index (χ1v) is 11.4. The van der Waals surface area contributed by atoms with Crippen molar-refractivity contribution in [1.82, 2.24) is 5.32 Å². The molecule has 29 heavy (non-hydrogen) atoms. The maximum atomic E-state index is 12.8. The van der Waals surface area contributed by atoms with E-state index in [1.807, 2.05) is 30.3 Å². The predicted molar refractivity (Wildman–Crippen MR) is 110 cm³/mol. The number of carboxylic acid groups (broad SMARTS) is 1. The first-order chi connectivity index (χ1) is 13.8. The molecular weight excluding hydrogens is 397 g/mol. The van der Waals surface area contributed by atoms with E-state index >= 15 is 0 Å². The largest absolute Gasteiger partial charge is 0.479 e. The summed E-state index contributed by atoms with van der Waals surface area (Å²) in [5, 5.41) is 11.8. The number of unbranched alkanes of at least 4 members (excludes halogenated alkanes) is 1. The standard InChI is InChI=1S/C19H32N3O6P/c20-13-5-4-9-16(19(24)25)28-29(26,27)18(10-6-14-21)22-17(23)12-11-15-7-2-1-3-8-15/h1-3,7-8,16,18H,4-6,9-14,20-21H2,(H,22,23)(H,24,25)(H,26,27)/t16-,18?/m1/s1. The molecule has 9 nitrogen and oxygen atoms in total. The van der Waals surface area contributed by atoms with Crippen LogP contribution >= 0.6 is 7.60 Å². The molecule has 0 bridgehead atoms. The van der Waals surface area contributed by atoms with E-state index in [9.17, 15) is 24.2 Å². The van der Waals surface area contributed by atoms with Gasteiger partial charge in [-0.3, -0.25) is 13.9 Å². The molecule has 1 aromatic rings. The minimum atomic E-state index is -4.44. The van der Waals surface area contributed by atoms with Crippen molar-refractivity contribution in [1.29, 1.82) is 0 Å². The number of carbonyl (C=O) groups excluding carboxylic acids is 1. The van der Waals surface area contributed by atoms with Crippen LogP contribution in [0.3, 0.4) is 0 Å². The third kappa shape index (κ3) is 10.0. The van der Waals surface area contributed by atoms with Gasteiger partial charge in [-0.1, -0.05) is 30.3 Å². The molecule has 1 rings (SSSR count). The van der Waals surface area contributed by atoms with Gasteiger partial charge in [0, 0.05) is 6.42 Å². The van der Waals surface area contributed by atoms with Crippen molar-refractivity contribution < 1.29 is 28.7 Å². The van der Waals surface area contributed by atoms with E-state index in [4.69, 9.17) is 16.0 Å². The zero-order valence-electron chi connectivity index (χ0n) is 16.5. The van der Waals surface area contributed by atoms with Gasteiger partial charge in [0.25, 0.3) is 0 Å². The van der Waals surface area contributed by atoms with Crippen LogP contribution in [-0.2, 0) is 25.1 Å². The van der Waals surface area contributed by atoms with Crippen LogP contribution in [0.1, 0.15) is 44.1 Å². The highest BCUT2D eigenvalue weighted by Gasteiger charge is 2.37. The topological polar surface area (TPSA) is 165 Å². The summed E-state index contributed by atoms with van der Waals surface area (Å²) in [5.74, 6) is -2.96. The summed E-state index contributed by atoms with van der Waals surface area (Å²) in [6, 6.07) is 9.38. The van der Waals surface area contributed by atoms with E-state index in [2.05, 4.69) is 5.32 Å². The van der Waals surface area contributed by atoms with Crippen molar-refractivity contribution in [2.75, 3.05) is 13.1 Å². The molecule has 0 aliphatic heterocycles. The highest BCUT2D eigenvalue weighted by molar-refractivity contribution is 7.53. The predicted octanol–water partition coefficient (Wildman–Crippen LogP) is 1.58. The highest BCUT2D eigenvalue weighted by atomic mass is 31.2. The fourth-order valence-corrected chi connectivity index (χ4v) is 4.26. The Hall–Kier alpha value is -1.77. The van der Waals surface area contributed by atoms with Gasteiger partial charge >= 0.3 is 13.6 Å². The zero-order chi connectivity index (χ0) is 21.7. The van der Waals surface area contributed by atoms with Crippen LogP contribution in [0.4, 0.5) is 0 Å². The van der Waals surface area contributed by atoms with Gasteiger partial charge in [-0.05, 0) is 57.2 Å². The maximum Gasteiger partial charge on any atom is 0.351 e. The molecule has 10 heteroatoms. The molecule has 0 aliphatic rings. The molecule has 164 valence electrons. The van der Waals surface area contributed by atoms with Gasteiger partial charge in [0.15, 0.2) is 6.10 Å². The summed E-state index contributed by atoms with van der Waals surface area (Å²) >= 11 is 0. The second-order valence-corrected chi connectivity index (χ2v) is 8.74. The van der Waals surface area contributed by atoms with Crippen LogP contribution in [-0.4, -0.2) is 46.9 Å². The minimum Gasteiger partial charge on any atom is -0.479 e. The number of benzene rings is 1. The molecule has 0 aliphatic carbocycles. The highest BCUT2D eigenvalue weighted by Crippen LogP contribution is 2.49. The van der Waals surface area contributed by atoms with Crippen molar-refractivity contribution in [3.63, 3.8) is 0 Å². The Morgan fingerprint density at radius 1 is 1.07 bits per heavy atom. The fourth-order valence-electron chi connectivity index (χ4n) is 2.74. The molecule has 7 N–H and O–H groups in total. The van der Waals surface area contributed by atoms with E-state index < -0.39 is 31.4 Å². The van der Waals surface area contributed by atoms with Gasteiger partial charge in [-0.2, -0.15) is 0 Å². The Balaban J connectivity index is 2.74. The average Bonchev–Trinajstić information content (AvgIpc) is 2.69. The van der Waals surface area contributed by atoms with E-state index in [1.54, 1.807) is 0 Å². The molecule has 0 fully saturated rings. The molecule has 1 aromatic carbocycles. The molecule has 3 atom stereocenters. The van der Waals surface area contributed by atoms with E-state index in [1.165, 1.54) is 0 Å². The number of nitrogens with one attached hydrogen (secondary N) is 1. The normalized spacial score (nSPS) is 15.3. The lowest BCUT2D eigenvalue weighted by atomic mass is 10.1. The number of carbonyl (C=O) groups is 2. The van der Waals surface area contributed by atoms with Crippen LogP contribution in [0, 0.1) is 0 Å². The Bertz CT molecular complexity index is 673. The van der Waals surface area contributed by atoms with E-state index in [0.29, 0.717) is 32.2 Å². The SMILES string of the molecule is NCCCC[C@@H](OP(=O)(O)C(CCCN)NC(=O)CCc1ccccc1)C(=O)O. The lowest BCUT2D eigenvalue weighted by molar-refractivity contribution is -0.145. The molecular formula is C19H32N3O6P. The molecule has 0 aromatic heterocycles. The zero-order valence-corrected chi connectivity index (χ0v) is 17.4. The van der Waals surface area contributed by atoms with Crippen LogP contribution in [0.5, 0.6) is 0 Å². The molecule has 0 heterocycles. The van der Waals surface area contributed by atoms with Gasteiger partial charge < -0.3 is 26.8 Å². The maximum absolute atomic E-state index is 12.8. The van der Waals surface area contributed by atoms with Crippen LogP contribution < -0.4 is 16.8 Å². The number of aryl methyl sites for hydroxylation is 1. The second kappa shape index (κ2) is 13.5. The van der Waals surface area contributed by atoms with Gasteiger partial charge in [0.1, 0.15) is 5.78 Å². The third-order valence-electron chi connectivity index (χ3n) is 4.36. The quantitative estimate of drug-likeness (QED) is 0.207. The smallest absolute Gasteiger partial charge is 0.351 e. The van der Waals surface area contributed by atoms with Gasteiger partial charge in [-0.15, -0.1) is 0 Å². The van der Waals surface area contributed by atoms with Crippen LogP contribution in [0.15, 0.2) is 30.3 Å². The van der Waals surface area contributed by atoms with E-state index in [-0.39, 0.29) is 25.8 Å². The lowest BCUT2D eigenvalue weighted by Gasteiger charge is -2.26. The summed E-state index contributed by atoms with van der Waals surface area (Å²) in [4.78, 5) is 34.1. The van der Waals surface area contributed by atoms with Crippen molar-refractivity contribution in [2.45, 2.75) is 56.8 Å². The molecule has 0 spiro atoms. The monoisotopic (exact) mass is 429 g/mol. The average molecular weight is 429 g/mol. The summed E-state index contributed by atoms with van der Waals surface area (Å²) < 4.78 is 17.9. The van der Waals surface area contributed by atoms with Gasteiger partial charge in [0.05, 0.1) is 0 Å². The van der Waals surface area contributed by atoms with Crippen molar-refractivity contribution in [3.05, 3.63) is 35.9 Å². The molecule has 1 amide bonds. The number of amides is 1. The first kappa shape index (κ1) is 25.3. The Morgan fingerprint density at radius 3 is 2.31 bits per heavy atom. The molecule has 2 unspecified atom stereocenters. The summed E-state index contributed by atoms with van der Waals surface area (Å²) in [6.45, 7) is 0.648. The van der Waals surface area contributed by atoms with Crippen molar-refractivity contribution in [2.24, 2.45) is 11.5 Å². The van der Waals surface area contributed by atoms with Crippen molar-refractivity contribution in [3.8, 4) is 0 Å². The summed E-state index contributed by atoms with van der Waals surface area (Å²) in [7, 11) is -4.44. The van der Waals surface area contributed by atoms with Crippen LogP contribution in [0.25, 0.3) is 0 Å². The first-order valence-electron chi connectivity index (χ1n) is 9.77. The Kier molecular flexibility index (Phi) is 11.7. The number of hydrogen-bond acceptors (Lipinski definition) is 6. The number of nitrogens with two attached hydrogens (primary N) is 2. The van der Waals surface area contributed by atoms with Gasteiger partial charge in [-0.25, -0.2) is 4.79 Å². The third-order valence-corrected chi connectivity index (χ3v) is 6.09. The number of carboxylic acids is 1. The summed E-state index contributed by atoms with van der Waals surface area (Å²) in [6.07, 6.45) is 0.729. The number of rotatable bonds is 15. The van der Waals surface area contributed by atoms with Gasteiger partial charge in [0.2, 0.25) is 5.91 Å². The minimum absolute atomic E-state index is 0.0582. The molecule has 0 saturated heterocycles. The van der Waals surface area contributed by atoms with E-state index in [0.717, 1.165) is 5.56 Å². The van der Waals surface area contributed by atoms with Crippen LogP contribution in [0.2, 0.25) is 0 Å². The Morgan fingerprint density at radius 2 is 1.72 bits per heavy atom.